The van der Waals surface area contributed by atoms with Crippen molar-refractivity contribution in [1.29, 1.82) is 0 Å². The van der Waals surface area contributed by atoms with Crippen molar-refractivity contribution >= 4 is 34.8 Å². The number of halogens is 1. The Morgan fingerprint density at radius 1 is 1.13 bits per heavy atom. The summed E-state index contributed by atoms with van der Waals surface area (Å²) in [7, 11) is 1.59. The van der Waals surface area contributed by atoms with Crippen LogP contribution in [0.2, 0.25) is 5.02 Å². The summed E-state index contributed by atoms with van der Waals surface area (Å²) in [6.07, 6.45) is 1.86. The van der Waals surface area contributed by atoms with Crippen LogP contribution in [0.1, 0.15) is 12.1 Å². The number of anilines is 2. The largest absolute Gasteiger partial charge is 0.497 e. The maximum absolute atomic E-state index is 13.5. The second-order valence-corrected chi connectivity index (χ2v) is 7.76. The second kappa shape index (κ2) is 9.18. The van der Waals surface area contributed by atoms with E-state index in [9.17, 15) is 9.59 Å². The first kappa shape index (κ1) is 20.9. The molecule has 3 aromatic rings. The van der Waals surface area contributed by atoms with Crippen LogP contribution in [0.3, 0.4) is 0 Å². The Bertz CT molecular complexity index is 1060. The maximum atomic E-state index is 13.5. The molecule has 0 spiro atoms. The highest BCUT2D eigenvalue weighted by atomic mass is 35.5. The van der Waals surface area contributed by atoms with Gasteiger partial charge in [-0.05, 0) is 60.7 Å². The number of hydrogen-bond acceptors (Lipinski definition) is 4. The zero-order chi connectivity index (χ0) is 21.8. The van der Waals surface area contributed by atoms with Gasteiger partial charge >= 0.3 is 0 Å². The highest BCUT2D eigenvalue weighted by Crippen LogP contribution is 2.30. The standard InChI is InChI=1S/C24H22ClN3O3/c1-31-22-11-9-20(10-12-22)27-15-17(14-23(27)29)24(30)28(16-19-4-2-3-13-26-19)21-7-5-18(25)6-8-21/h2-13,17H,14-16H2,1H3. The van der Waals surface area contributed by atoms with E-state index < -0.39 is 5.92 Å². The van der Waals surface area contributed by atoms with Crippen LogP contribution in [0.4, 0.5) is 11.4 Å². The van der Waals surface area contributed by atoms with Crippen molar-refractivity contribution in [1.82, 2.24) is 4.98 Å². The van der Waals surface area contributed by atoms with Crippen molar-refractivity contribution in [2.45, 2.75) is 13.0 Å². The van der Waals surface area contributed by atoms with E-state index in [4.69, 9.17) is 16.3 Å². The molecule has 31 heavy (non-hydrogen) atoms. The fraction of sp³-hybridized carbons (Fsp3) is 0.208. The predicted octanol–water partition coefficient (Wildman–Crippen LogP) is 4.33. The van der Waals surface area contributed by atoms with Gasteiger partial charge in [0, 0.05) is 35.6 Å². The molecule has 0 radical (unpaired) electrons. The molecular formula is C24H22ClN3O3. The molecule has 0 aliphatic carbocycles. The molecule has 1 unspecified atom stereocenters. The van der Waals surface area contributed by atoms with Gasteiger partial charge in [-0.3, -0.25) is 14.6 Å². The Labute approximate surface area is 186 Å². The minimum atomic E-state index is -0.450. The minimum Gasteiger partial charge on any atom is -0.497 e. The molecule has 4 rings (SSSR count). The summed E-state index contributed by atoms with van der Waals surface area (Å²) in [6, 6.07) is 20.0. The van der Waals surface area contributed by atoms with E-state index in [-0.39, 0.29) is 18.2 Å². The molecule has 6 nitrogen and oxygen atoms in total. The van der Waals surface area contributed by atoms with Crippen LogP contribution >= 0.6 is 11.6 Å². The van der Waals surface area contributed by atoms with Gasteiger partial charge in [-0.2, -0.15) is 0 Å². The molecule has 1 atom stereocenters. The Balaban J connectivity index is 1.57. The first-order valence-corrected chi connectivity index (χ1v) is 10.3. The number of benzene rings is 2. The van der Waals surface area contributed by atoms with Crippen LogP contribution in [-0.2, 0) is 16.1 Å². The number of carbonyl (C=O) groups is 2. The molecule has 7 heteroatoms. The fourth-order valence-electron chi connectivity index (χ4n) is 3.68. The number of aromatic nitrogens is 1. The van der Waals surface area contributed by atoms with Crippen molar-refractivity contribution in [2.75, 3.05) is 23.5 Å². The van der Waals surface area contributed by atoms with Crippen LogP contribution in [-0.4, -0.2) is 30.5 Å². The van der Waals surface area contributed by atoms with Crippen LogP contribution in [0.15, 0.2) is 72.9 Å². The summed E-state index contributed by atoms with van der Waals surface area (Å²) in [5.74, 6) is 0.0797. The normalized spacial score (nSPS) is 15.7. The quantitative estimate of drug-likeness (QED) is 0.578. The van der Waals surface area contributed by atoms with E-state index in [0.717, 1.165) is 17.1 Å². The zero-order valence-corrected chi connectivity index (χ0v) is 17.8. The van der Waals surface area contributed by atoms with Gasteiger partial charge in [0.25, 0.3) is 0 Å². The van der Waals surface area contributed by atoms with Gasteiger partial charge in [-0.25, -0.2) is 0 Å². The monoisotopic (exact) mass is 435 g/mol. The third-order valence-corrected chi connectivity index (χ3v) is 5.56. The SMILES string of the molecule is COc1ccc(N2CC(C(=O)N(Cc3ccccn3)c3ccc(Cl)cc3)CC2=O)cc1. The summed E-state index contributed by atoms with van der Waals surface area (Å²) in [5.41, 5.74) is 2.24. The summed E-state index contributed by atoms with van der Waals surface area (Å²) in [5, 5.41) is 0.593. The minimum absolute atomic E-state index is 0.0718. The molecule has 0 bridgehead atoms. The average molecular weight is 436 g/mol. The molecule has 1 aromatic heterocycles. The highest BCUT2D eigenvalue weighted by molar-refractivity contribution is 6.30. The Morgan fingerprint density at radius 2 is 1.87 bits per heavy atom. The molecule has 0 N–H and O–H groups in total. The van der Waals surface area contributed by atoms with E-state index in [1.165, 1.54) is 0 Å². The molecule has 1 fully saturated rings. The number of rotatable bonds is 6. The van der Waals surface area contributed by atoms with Gasteiger partial charge in [0.1, 0.15) is 5.75 Å². The summed E-state index contributed by atoms with van der Waals surface area (Å²) < 4.78 is 5.18. The third-order valence-electron chi connectivity index (χ3n) is 5.31. The lowest BCUT2D eigenvalue weighted by Crippen LogP contribution is -2.37. The smallest absolute Gasteiger partial charge is 0.232 e. The first-order chi connectivity index (χ1) is 15.0. The Hall–Kier alpha value is -3.38. The molecular weight excluding hydrogens is 414 g/mol. The van der Waals surface area contributed by atoms with Crippen molar-refractivity contribution in [3.05, 3.63) is 83.6 Å². The number of carbonyl (C=O) groups excluding carboxylic acids is 2. The summed E-state index contributed by atoms with van der Waals surface area (Å²) in [6.45, 7) is 0.644. The number of amides is 2. The van der Waals surface area contributed by atoms with Crippen LogP contribution in [0.25, 0.3) is 0 Å². The van der Waals surface area contributed by atoms with E-state index in [1.807, 2.05) is 30.3 Å². The molecule has 1 aliphatic heterocycles. The fourth-order valence-corrected chi connectivity index (χ4v) is 3.80. The molecule has 2 heterocycles. The van der Waals surface area contributed by atoms with Crippen LogP contribution < -0.4 is 14.5 Å². The van der Waals surface area contributed by atoms with Crippen molar-refractivity contribution in [3.8, 4) is 5.75 Å². The topological polar surface area (TPSA) is 62.7 Å². The van der Waals surface area contributed by atoms with Gasteiger partial charge in [0.05, 0.1) is 25.3 Å². The highest BCUT2D eigenvalue weighted by Gasteiger charge is 2.37. The zero-order valence-electron chi connectivity index (χ0n) is 17.1. The van der Waals surface area contributed by atoms with E-state index in [1.54, 1.807) is 59.5 Å². The van der Waals surface area contributed by atoms with Gasteiger partial charge in [-0.1, -0.05) is 17.7 Å². The lowest BCUT2D eigenvalue weighted by Gasteiger charge is -2.25. The molecule has 2 amide bonds. The number of ether oxygens (including phenoxy) is 1. The number of nitrogens with zero attached hydrogens (tertiary/aromatic N) is 3. The van der Waals surface area contributed by atoms with Gasteiger partial charge in [0.2, 0.25) is 11.8 Å². The van der Waals surface area contributed by atoms with E-state index >= 15 is 0 Å². The molecule has 1 saturated heterocycles. The lowest BCUT2D eigenvalue weighted by atomic mass is 10.1. The van der Waals surface area contributed by atoms with Gasteiger partial charge < -0.3 is 14.5 Å². The summed E-state index contributed by atoms with van der Waals surface area (Å²) >= 11 is 6.03. The van der Waals surface area contributed by atoms with Gasteiger partial charge in [0.15, 0.2) is 0 Å². The molecule has 1 aliphatic rings. The van der Waals surface area contributed by atoms with Crippen LogP contribution in [0.5, 0.6) is 5.75 Å². The van der Waals surface area contributed by atoms with Crippen LogP contribution in [0, 0.1) is 5.92 Å². The molecule has 158 valence electrons. The lowest BCUT2D eigenvalue weighted by molar-refractivity contribution is -0.124. The number of methoxy groups -OCH3 is 1. The van der Waals surface area contributed by atoms with Crippen molar-refractivity contribution < 1.29 is 14.3 Å². The van der Waals surface area contributed by atoms with Crippen molar-refractivity contribution in [2.24, 2.45) is 5.92 Å². The summed E-state index contributed by atoms with van der Waals surface area (Å²) in [4.78, 5) is 33.9. The average Bonchev–Trinajstić information content (AvgIpc) is 3.20. The molecule has 0 saturated carbocycles. The maximum Gasteiger partial charge on any atom is 0.232 e. The number of pyridine rings is 1. The van der Waals surface area contributed by atoms with E-state index in [2.05, 4.69) is 4.98 Å². The Morgan fingerprint density at radius 3 is 2.52 bits per heavy atom. The second-order valence-electron chi connectivity index (χ2n) is 7.33. The third kappa shape index (κ3) is 4.70. The predicted molar refractivity (Wildman–Crippen MR) is 120 cm³/mol. The van der Waals surface area contributed by atoms with Crippen molar-refractivity contribution in [3.63, 3.8) is 0 Å². The molecule has 2 aromatic carbocycles. The van der Waals surface area contributed by atoms with Gasteiger partial charge in [-0.15, -0.1) is 0 Å². The number of hydrogen-bond donors (Lipinski definition) is 0. The Kier molecular flexibility index (Phi) is 6.18. The first-order valence-electron chi connectivity index (χ1n) is 9.96. The van der Waals surface area contributed by atoms with E-state index in [0.29, 0.717) is 23.9 Å².